The molecule has 2 fully saturated rings. The molecular formula is C27H33FN2O4. The molecule has 2 aromatic carbocycles. The Bertz CT molecular complexity index is 986. The van der Waals surface area contributed by atoms with Crippen LogP contribution in [0.25, 0.3) is 0 Å². The average Bonchev–Trinajstić information content (AvgIpc) is 3.36. The van der Waals surface area contributed by atoms with E-state index in [1.54, 1.807) is 12.1 Å². The molecule has 2 aromatic rings. The maximum Gasteiger partial charge on any atom is 0.254 e. The summed E-state index contributed by atoms with van der Waals surface area (Å²) in [6.07, 6.45) is 5.72. The Morgan fingerprint density at radius 2 is 1.91 bits per heavy atom. The van der Waals surface area contributed by atoms with Crippen LogP contribution in [0.15, 0.2) is 48.5 Å². The number of hydrogen-bond acceptors (Lipinski definition) is 4. The van der Waals surface area contributed by atoms with Crippen molar-refractivity contribution in [2.45, 2.75) is 63.6 Å². The third kappa shape index (κ3) is 6.02. The molecular weight excluding hydrogens is 435 g/mol. The van der Waals surface area contributed by atoms with E-state index in [9.17, 15) is 14.0 Å². The van der Waals surface area contributed by atoms with Crippen LogP contribution < -0.4 is 10.2 Å². The van der Waals surface area contributed by atoms with E-state index in [1.807, 2.05) is 31.2 Å². The maximum absolute atomic E-state index is 14.3. The monoisotopic (exact) mass is 468 g/mol. The van der Waals surface area contributed by atoms with Crippen LogP contribution in [0.5, 0.6) is 0 Å². The van der Waals surface area contributed by atoms with E-state index in [1.165, 1.54) is 23.5 Å². The van der Waals surface area contributed by atoms with E-state index < -0.39 is 17.8 Å². The van der Waals surface area contributed by atoms with Crippen LogP contribution in [0.2, 0.25) is 0 Å². The lowest BCUT2D eigenvalue weighted by molar-refractivity contribution is -0.130. The Morgan fingerprint density at radius 3 is 2.62 bits per heavy atom. The fraction of sp³-hybridized carbons (Fsp3) is 0.481. The molecule has 0 bridgehead atoms. The van der Waals surface area contributed by atoms with Gasteiger partial charge in [0.1, 0.15) is 18.5 Å². The number of hydrogen-bond donors (Lipinski definition) is 1. The molecule has 6 nitrogen and oxygen atoms in total. The van der Waals surface area contributed by atoms with Crippen molar-refractivity contribution < 1.29 is 23.5 Å². The molecule has 2 atom stereocenters. The molecule has 0 spiro atoms. The minimum Gasteiger partial charge on any atom is -0.379 e. The van der Waals surface area contributed by atoms with E-state index in [-0.39, 0.29) is 24.7 Å². The van der Waals surface area contributed by atoms with Gasteiger partial charge in [-0.1, -0.05) is 49.6 Å². The van der Waals surface area contributed by atoms with Crippen molar-refractivity contribution in [1.82, 2.24) is 5.32 Å². The summed E-state index contributed by atoms with van der Waals surface area (Å²) in [6.45, 7) is 2.74. The normalized spacial score (nSPS) is 19.5. The van der Waals surface area contributed by atoms with Gasteiger partial charge in [-0.15, -0.1) is 0 Å². The molecule has 1 aliphatic carbocycles. The van der Waals surface area contributed by atoms with Crippen LogP contribution in [0.3, 0.4) is 0 Å². The fourth-order valence-electron chi connectivity index (χ4n) is 4.78. The molecule has 1 unspecified atom stereocenters. The Hall–Kier alpha value is -2.77. The SMILES string of the molecule is Cc1ccccc1C(C(=O)NC1CCCCC1)N(C(=O)CO[C@H]1CCOC1)c1cccc(F)c1. The molecule has 1 saturated heterocycles. The van der Waals surface area contributed by atoms with Gasteiger partial charge in [-0.3, -0.25) is 14.5 Å². The predicted molar refractivity (Wildman–Crippen MR) is 128 cm³/mol. The summed E-state index contributed by atoms with van der Waals surface area (Å²) in [5, 5.41) is 3.17. The molecule has 7 heteroatoms. The highest BCUT2D eigenvalue weighted by Crippen LogP contribution is 2.31. The van der Waals surface area contributed by atoms with Crippen molar-refractivity contribution in [2.24, 2.45) is 0 Å². The zero-order chi connectivity index (χ0) is 23.9. The van der Waals surface area contributed by atoms with Crippen molar-refractivity contribution in [3.05, 3.63) is 65.5 Å². The Morgan fingerprint density at radius 1 is 1.12 bits per heavy atom. The number of nitrogens with zero attached hydrogens (tertiary/aromatic N) is 1. The first-order chi connectivity index (χ1) is 16.5. The smallest absolute Gasteiger partial charge is 0.254 e. The van der Waals surface area contributed by atoms with Gasteiger partial charge in [-0.05, 0) is 55.5 Å². The van der Waals surface area contributed by atoms with Gasteiger partial charge < -0.3 is 14.8 Å². The molecule has 0 radical (unpaired) electrons. The van der Waals surface area contributed by atoms with Gasteiger partial charge in [0.15, 0.2) is 0 Å². The first-order valence-corrected chi connectivity index (χ1v) is 12.2. The van der Waals surface area contributed by atoms with E-state index in [0.29, 0.717) is 24.5 Å². The van der Waals surface area contributed by atoms with Crippen LogP contribution in [0.1, 0.15) is 55.7 Å². The van der Waals surface area contributed by atoms with E-state index in [0.717, 1.165) is 37.7 Å². The summed E-state index contributed by atoms with van der Waals surface area (Å²) in [5.41, 5.74) is 1.91. The lowest BCUT2D eigenvalue weighted by Crippen LogP contribution is -2.48. The second kappa shape index (κ2) is 11.6. The van der Waals surface area contributed by atoms with Crippen LogP contribution in [0, 0.1) is 12.7 Å². The zero-order valence-electron chi connectivity index (χ0n) is 19.7. The number of nitrogens with one attached hydrogen (secondary N) is 1. The third-order valence-electron chi connectivity index (χ3n) is 6.63. The summed E-state index contributed by atoms with van der Waals surface area (Å²) in [6, 6.07) is 12.5. The number of ether oxygens (including phenoxy) is 2. The summed E-state index contributed by atoms with van der Waals surface area (Å²) < 4.78 is 25.4. The van der Waals surface area contributed by atoms with Gasteiger partial charge in [-0.25, -0.2) is 4.39 Å². The molecule has 2 aliphatic rings. The molecule has 0 aromatic heterocycles. The highest BCUT2D eigenvalue weighted by atomic mass is 19.1. The van der Waals surface area contributed by atoms with Crippen LogP contribution in [-0.4, -0.2) is 43.8 Å². The molecule has 2 amide bonds. The molecule has 1 saturated carbocycles. The molecule has 34 heavy (non-hydrogen) atoms. The van der Waals surface area contributed by atoms with Crippen molar-refractivity contribution in [2.75, 3.05) is 24.7 Å². The molecule has 1 aliphatic heterocycles. The van der Waals surface area contributed by atoms with E-state index >= 15 is 0 Å². The van der Waals surface area contributed by atoms with Gasteiger partial charge in [0.2, 0.25) is 5.91 Å². The van der Waals surface area contributed by atoms with Gasteiger partial charge >= 0.3 is 0 Å². The Balaban J connectivity index is 1.69. The topological polar surface area (TPSA) is 67.9 Å². The van der Waals surface area contributed by atoms with Gasteiger partial charge in [0.25, 0.3) is 5.91 Å². The molecule has 4 rings (SSSR count). The largest absolute Gasteiger partial charge is 0.379 e. The van der Waals surface area contributed by atoms with Gasteiger partial charge in [-0.2, -0.15) is 0 Å². The van der Waals surface area contributed by atoms with Crippen molar-refractivity contribution in [1.29, 1.82) is 0 Å². The van der Waals surface area contributed by atoms with Crippen molar-refractivity contribution in [3.8, 4) is 0 Å². The lowest BCUT2D eigenvalue weighted by atomic mass is 9.93. The third-order valence-corrected chi connectivity index (χ3v) is 6.63. The zero-order valence-corrected chi connectivity index (χ0v) is 19.7. The van der Waals surface area contributed by atoms with Crippen LogP contribution >= 0.6 is 0 Å². The number of carbonyl (C=O) groups is 2. The summed E-state index contributed by atoms with van der Waals surface area (Å²) in [7, 11) is 0. The van der Waals surface area contributed by atoms with Crippen molar-refractivity contribution in [3.63, 3.8) is 0 Å². The number of carbonyl (C=O) groups excluding carboxylic acids is 2. The molecule has 1 heterocycles. The Labute approximate surface area is 200 Å². The second-order valence-corrected chi connectivity index (χ2v) is 9.14. The summed E-state index contributed by atoms with van der Waals surface area (Å²) in [5.74, 6) is -1.14. The number of anilines is 1. The van der Waals surface area contributed by atoms with Crippen LogP contribution in [-0.2, 0) is 19.1 Å². The minimum atomic E-state index is -0.944. The maximum atomic E-state index is 14.3. The highest BCUT2D eigenvalue weighted by Gasteiger charge is 2.35. The van der Waals surface area contributed by atoms with Gasteiger partial charge in [0, 0.05) is 18.3 Å². The lowest BCUT2D eigenvalue weighted by Gasteiger charge is -2.34. The second-order valence-electron chi connectivity index (χ2n) is 9.14. The average molecular weight is 469 g/mol. The predicted octanol–water partition coefficient (Wildman–Crippen LogP) is 4.46. The van der Waals surface area contributed by atoms with E-state index in [2.05, 4.69) is 5.32 Å². The number of halogens is 1. The van der Waals surface area contributed by atoms with Gasteiger partial charge in [0.05, 0.1) is 12.7 Å². The standard InChI is InChI=1S/C27H33FN2O4/c1-19-8-5-6-13-24(19)26(27(32)29-21-10-3-2-4-11-21)30(22-12-7-9-20(28)16-22)25(31)18-34-23-14-15-33-17-23/h5-9,12-13,16,21,23,26H,2-4,10-11,14-15,17-18H2,1H3,(H,29,32)/t23-,26?/m0/s1. The number of benzene rings is 2. The molecule has 1 N–H and O–H groups in total. The summed E-state index contributed by atoms with van der Waals surface area (Å²) in [4.78, 5) is 28.7. The molecule has 182 valence electrons. The quantitative estimate of drug-likeness (QED) is 0.621. The minimum absolute atomic E-state index is 0.0733. The summed E-state index contributed by atoms with van der Waals surface area (Å²) >= 11 is 0. The number of rotatable bonds is 8. The number of aryl methyl sites for hydroxylation is 1. The first kappa shape index (κ1) is 24.4. The van der Waals surface area contributed by atoms with Crippen molar-refractivity contribution >= 4 is 17.5 Å². The van der Waals surface area contributed by atoms with E-state index in [4.69, 9.17) is 9.47 Å². The first-order valence-electron chi connectivity index (χ1n) is 12.2. The Kier molecular flexibility index (Phi) is 8.29. The highest BCUT2D eigenvalue weighted by molar-refractivity contribution is 6.02. The fourth-order valence-corrected chi connectivity index (χ4v) is 4.78. The number of amides is 2. The van der Waals surface area contributed by atoms with Crippen LogP contribution in [0.4, 0.5) is 10.1 Å².